The molecule has 0 saturated carbocycles. The van der Waals surface area contributed by atoms with E-state index in [1.807, 2.05) is 6.07 Å². The van der Waals surface area contributed by atoms with Crippen molar-refractivity contribution in [2.45, 2.75) is 18.1 Å². The van der Waals surface area contributed by atoms with E-state index in [1.54, 1.807) is 48.5 Å². The Morgan fingerprint density at radius 2 is 1.96 bits per heavy atom. The maximum absolute atomic E-state index is 12.8. The maximum atomic E-state index is 12.8. The molecular formula is C20H18N4O3S. The van der Waals surface area contributed by atoms with Gasteiger partial charge in [0.2, 0.25) is 5.91 Å². The van der Waals surface area contributed by atoms with Gasteiger partial charge in [-0.25, -0.2) is 4.98 Å². The summed E-state index contributed by atoms with van der Waals surface area (Å²) in [7, 11) is 0. The fraction of sp³-hybridized carbons (Fsp3) is 0.200. The van der Waals surface area contributed by atoms with Crippen LogP contribution < -0.4 is 10.9 Å². The quantitative estimate of drug-likeness (QED) is 0.471. The monoisotopic (exact) mass is 394 g/mol. The average molecular weight is 394 g/mol. The third-order valence-corrected chi connectivity index (χ3v) is 4.97. The van der Waals surface area contributed by atoms with Crippen LogP contribution >= 0.6 is 11.8 Å². The molecule has 0 radical (unpaired) electrons. The second-order valence-electron chi connectivity index (χ2n) is 5.97. The van der Waals surface area contributed by atoms with Gasteiger partial charge in [-0.15, -0.1) is 0 Å². The lowest BCUT2D eigenvalue weighted by Gasteiger charge is -2.12. The Labute approximate surface area is 165 Å². The smallest absolute Gasteiger partial charge is 0.262 e. The molecule has 2 aromatic carbocycles. The highest BCUT2D eigenvalue weighted by molar-refractivity contribution is 7.99. The van der Waals surface area contributed by atoms with Gasteiger partial charge in [0.25, 0.3) is 5.56 Å². The first-order valence-corrected chi connectivity index (χ1v) is 9.64. The molecule has 1 aromatic heterocycles. The number of nitrogens with zero attached hydrogens (tertiary/aromatic N) is 3. The lowest BCUT2D eigenvalue weighted by atomic mass is 10.2. The second kappa shape index (κ2) is 9.17. The third-order valence-electron chi connectivity index (χ3n) is 4.00. The van der Waals surface area contributed by atoms with Crippen molar-refractivity contribution >= 4 is 34.3 Å². The molecule has 0 aliphatic carbocycles. The molecule has 0 saturated heterocycles. The van der Waals surface area contributed by atoms with Crippen LogP contribution in [0.2, 0.25) is 0 Å². The number of aromatic nitrogens is 2. The van der Waals surface area contributed by atoms with Gasteiger partial charge in [0.15, 0.2) is 5.16 Å². The third kappa shape index (κ3) is 4.57. The number of para-hydroxylation sites is 1. The average Bonchev–Trinajstić information content (AvgIpc) is 2.72. The Kier molecular flexibility index (Phi) is 6.42. The summed E-state index contributed by atoms with van der Waals surface area (Å²) in [6, 6.07) is 15.6. The molecule has 0 fully saturated rings. The second-order valence-corrected chi connectivity index (χ2v) is 6.91. The van der Waals surface area contributed by atoms with E-state index < -0.39 is 0 Å². The summed E-state index contributed by atoms with van der Waals surface area (Å²) in [5.74, 6) is -0.171. The predicted octanol–water partition coefficient (Wildman–Crippen LogP) is 2.38. The van der Waals surface area contributed by atoms with Gasteiger partial charge in [0, 0.05) is 18.8 Å². The number of rotatable bonds is 7. The number of benzene rings is 2. The number of thioether (sulfide) groups is 1. The summed E-state index contributed by atoms with van der Waals surface area (Å²) in [5, 5.41) is 21.6. The van der Waals surface area contributed by atoms with Crippen molar-refractivity contribution in [1.29, 1.82) is 5.26 Å². The SMILES string of the molecule is N#Cc1ccc(NC(=O)CSc2nc3ccccc3c(=O)n2CCCO)cc1. The zero-order valence-corrected chi connectivity index (χ0v) is 15.8. The molecule has 1 amide bonds. The van der Waals surface area contributed by atoms with Crippen molar-refractivity contribution in [1.82, 2.24) is 9.55 Å². The molecule has 0 aliphatic heterocycles. The number of anilines is 1. The normalized spacial score (nSPS) is 10.6. The highest BCUT2D eigenvalue weighted by Gasteiger charge is 2.13. The van der Waals surface area contributed by atoms with Crippen LogP contribution in [0.3, 0.4) is 0 Å². The van der Waals surface area contributed by atoms with Crippen LogP contribution in [0.5, 0.6) is 0 Å². The van der Waals surface area contributed by atoms with Crippen LogP contribution in [-0.4, -0.2) is 32.9 Å². The van der Waals surface area contributed by atoms with Crippen molar-refractivity contribution in [2.24, 2.45) is 0 Å². The number of nitrogens with one attached hydrogen (secondary N) is 1. The molecule has 0 aliphatic rings. The van der Waals surface area contributed by atoms with Crippen LogP contribution in [-0.2, 0) is 11.3 Å². The minimum Gasteiger partial charge on any atom is -0.396 e. The molecule has 142 valence electrons. The number of hydrogen-bond acceptors (Lipinski definition) is 6. The molecule has 3 aromatic rings. The van der Waals surface area contributed by atoms with Gasteiger partial charge in [-0.2, -0.15) is 5.26 Å². The Hall–Kier alpha value is -3.15. The number of carbonyl (C=O) groups excluding carboxylic acids is 1. The Balaban J connectivity index is 1.77. The topological polar surface area (TPSA) is 108 Å². The van der Waals surface area contributed by atoms with Gasteiger partial charge in [0.05, 0.1) is 28.3 Å². The molecule has 0 atom stereocenters. The Bertz CT molecular complexity index is 1090. The van der Waals surface area contributed by atoms with E-state index in [-0.39, 0.29) is 23.8 Å². The lowest BCUT2D eigenvalue weighted by Crippen LogP contribution is -2.24. The molecular weight excluding hydrogens is 376 g/mol. The number of hydrogen-bond donors (Lipinski definition) is 2. The molecule has 0 unspecified atom stereocenters. The van der Waals surface area contributed by atoms with E-state index in [9.17, 15) is 9.59 Å². The number of aliphatic hydroxyl groups excluding tert-OH is 1. The molecule has 8 heteroatoms. The van der Waals surface area contributed by atoms with Gasteiger partial charge in [0.1, 0.15) is 0 Å². The highest BCUT2D eigenvalue weighted by Crippen LogP contribution is 2.19. The lowest BCUT2D eigenvalue weighted by molar-refractivity contribution is -0.113. The maximum Gasteiger partial charge on any atom is 0.262 e. The Morgan fingerprint density at radius 1 is 1.21 bits per heavy atom. The van der Waals surface area contributed by atoms with Crippen molar-refractivity contribution < 1.29 is 9.90 Å². The largest absolute Gasteiger partial charge is 0.396 e. The van der Waals surface area contributed by atoms with Gasteiger partial charge in [-0.3, -0.25) is 14.2 Å². The molecule has 0 spiro atoms. The predicted molar refractivity (Wildman–Crippen MR) is 108 cm³/mol. The van der Waals surface area contributed by atoms with Crippen molar-refractivity contribution in [3.05, 3.63) is 64.4 Å². The molecule has 1 heterocycles. The molecule has 0 bridgehead atoms. The van der Waals surface area contributed by atoms with Crippen molar-refractivity contribution in [3.63, 3.8) is 0 Å². The number of nitriles is 1. The van der Waals surface area contributed by atoms with Crippen LogP contribution in [0.25, 0.3) is 10.9 Å². The van der Waals surface area contributed by atoms with Crippen LogP contribution in [0.4, 0.5) is 5.69 Å². The van der Waals surface area contributed by atoms with Crippen molar-refractivity contribution in [3.8, 4) is 6.07 Å². The fourth-order valence-electron chi connectivity index (χ4n) is 2.64. The first-order valence-electron chi connectivity index (χ1n) is 8.65. The highest BCUT2D eigenvalue weighted by atomic mass is 32.2. The molecule has 3 rings (SSSR count). The molecule has 7 nitrogen and oxygen atoms in total. The standard InChI is InChI=1S/C20H18N4O3S/c21-12-14-6-8-15(9-7-14)22-18(26)13-28-20-23-17-5-2-1-4-16(17)19(27)24(20)10-3-11-25/h1-2,4-9,25H,3,10-11,13H2,(H,22,26). The molecule has 28 heavy (non-hydrogen) atoms. The van der Waals surface area contributed by atoms with Crippen LogP contribution in [0.1, 0.15) is 12.0 Å². The van der Waals surface area contributed by atoms with Gasteiger partial charge < -0.3 is 10.4 Å². The minimum absolute atomic E-state index is 0.0391. The zero-order chi connectivity index (χ0) is 19.9. The molecule has 2 N–H and O–H groups in total. The van der Waals surface area contributed by atoms with E-state index in [0.29, 0.717) is 40.3 Å². The summed E-state index contributed by atoms with van der Waals surface area (Å²) in [4.78, 5) is 29.5. The van der Waals surface area contributed by atoms with Crippen LogP contribution in [0, 0.1) is 11.3 Å². The van der Waals surface area contributed by atoms with E-state index in [1.165, 1.54) is 16.3 Å². The minimum atomic E-state index is -0.245. The number of amides is 1. The van der Waals surface area contributed by atoms with Crippen molar-refractivity contribution in [2.75, 3.05) is 17.7 Å². The summed E-state index contributed by atoms with van der Waals surface area (Å²) in [6.07, 6.45) is 0.422. The Morgan fingerprint density at radius 3 is 2.68 bits per heavy atom. The van der Waals surface area contributed by atoms with E-state index in [0.717, 1.165) is 0 Å². The van der Waals surface area contributed by atoms with Gasteiger partial charge >= 0.3 is 0 Å². The first-order chi connectivity index (χ1) is 13.6. The summed E-state index contributed by atoms with van der Waals surface area (Å²) in [5.41, 5.74) is 1.49. The first kappa shape index (κ1) is 19.6. The number of aliphatic hydroxyl groups is 1. The summed E-state index contributed by atoms with van der Waals surface area (Å²) < 4.78 is 1.50. The summed E-state index contributed by atoms with van der Waals surface area (Å²) in [6.45, 7) is 0.287. The van der Waals surface area contributed by atoms with E-state index in [4.69, 9.17) is 10.4 Å². The fourth-order valence-corrected chi connectivity index (χ4v) is 3.46. The van der Waals surface area contributed by atoms with Gasteiger partial charge in [-0.05, 0) is 42.8 Å². The van der Waals surface area contributed by atoms with Gasteiger partial charge in [-0.1, -0.05) is 23.9 Å². The van der Waals surface area contributed by atoms with E-state index in [2.05, 4.69) is 10.3 Å². The van der Waals surface area contributed by atoms with Crippen LogP contribution in [0.15, 0.2) is 58.5 Å². The number of carbonyl (C=O) groups is 1. The number of fused-ring (bicyclic) bond motifs is 1. The van der Waals surface area contributed by atoms with E-state index >= 15 is 0 Å². The zero-order valence-electron chi connectivity index (χ0n) is 15.0. The summed E-state index contributed by atoms with van der Waals surface area (Å²) >= 11 is 1.17.